The number of hydrogen-bond donors (Lipinski definition) is 1. The fraction of sp³-hybridized carbons (Fsp3) is 0.455. The third-order valence-electron chi connectivity index (χ3n) is 2.28. The molecule has 2 nitrogen and oxygen atoms in total. The molecular weight excluding hydrogens is 219 g/mol. The first kappa shape index (κ1) is 12.8. The van der Waals surface area contributed by atoms with Crippen molar-refractivity contribution in [3.8, 4) is 0 Å². The molecule has 1 unspecified atom stereocenters. The summed E-state index contributed by atoms with van der Waals surface area (Å²) in [4.78, 5) is 1.14. The van der Waals surface area contributed by atoms with Gasteiger partial charge in [-0.05, 0) is 24.6 Å². The molecule has 0 saturated heterocycles. The average Bonchev–Trinajstić information content (AvgIpc) is 2.15. The Kier molecular flexibility index (Phi) is 4.18. The van der Waals surface area contributed by atoms with Crippen molar-refractivity contribution in [3.63, 3.8) is 0 Å². The minimum Gasteiger partial charge on any atom is -0.389 e. The zero-order chi connectivity index (χ0) is 12.3. The summed E-state index contributed by atoms with van der Waals surface area (Å²) in [6, 6.07) is 4.06. The summed E-state index contributed by atoms with van der Waals surface area (Å²) in [5.74, 6) is -0.610. The number of aliphatic hydroxyl groups excluding tert-OH is 1. The summed E-state index contributed by atoms with van der Waals surface area (Å²) < 4.78 is 37.7. The fourth-order valence-electron chi connectivity index (χ4n) is 1.40. The van der Waals surface area contributed by atoms with Gasteiger partial charge in [-0.15, -0.1) is 0 Å². The van der Waals surface area contributed by atoms with Crippen LogP contribution in [0.2, 0.25) is 0 Å². The monoisotopic (exact) mass is 233 g/mol. The topological polar surface area (TPSA) is 23.5 Å². The Balaban J connectivity index is 2.90. The molecule has 0 amide bonds. The van der Waals surface area contributed by atoms with E-state index >= 15 is 0 Å². The van der Waals surface area contributed by atoms with Crippen molar-refractivity contribution in [2.24, 2.45) is 0 Å². The Morgan fingerprint density at radius 1 is 1.38 bits per heavy atom. The predicted molar refractivity (Wildman–Crippen MR) is 56.3 cm³/mol. The van der Waals surface area contributed by atoms with Gasteiger partial charge in [0.1, 0.15) is 5.82 Å². The minimum absolute atomic E-state index is 0.102. The van der Waals surface area contributed by atoms with Crippen LogP contribution >= 0.6 is 0 Å². The number of rotatable bonds is 4. The van der Waals surface area contributed by atoms with Crippen LogP contribution in [0.15, 0.2) is 18.2 Å². The van der Waals surface area contributed by atoms with Crippen molar-refractivity contribution in [1.82, 2.24) is 0 Å². The maximum absolute atomic E-state index is 13.5. The molecule has 1 atom stereocenters. The number of anilines is 1. The zero-order valence-corrected chi connectivity index (χ0v) is 9.12. The smallest absolute Gasteiger partial charge is 0.255 e. The first-order chi connectivity index (χ1) is 7.41. The maximum Gasteiger partial charge on any atom is 0.255 e. The van der Waals surface area contributed by atoms with Crippen molar-refractivity contribution < 1.29 is 18.3 Å². The lowest BCUT2D eigenvalue weighted by atomic mass is 10.1. The van der Waals surface area contributed by atoms with Gasteiger partial charge in [0.2, 0.25) is 0 Å². The number of hydrogen-bond acceptors (Lipinski definition) is 2. The van der Waals surface area contributed by atoms with E-state index in [1.807, 2.05) is 0 Å². The highest BCUT2D eigenvalue weighted by molar-refractivity contribution is 5.48. The third kappa shape index (κ3) is 3.13. The van der Waals surface area contributed by atoms with Crippen LogP contribution in [0.1, 0.15) is 18.6 Å². The van der Waals surface area contributed by atoms with E-state index in [1.54, 1.807) is 0 Å². The number of halogens is 3. The zero-order valence-electron chi connectivity index (χ0n) is 9.12. The first-order valence-corrected chi connectivity index (χ1v) is 4.88. The van der Waals surface area contributed by atoms with Gasteiger partial charge >= 0.3 is 0 Å². The molecule has 16 heavy (non-hydrogen) atoms. The fourth-order valence-corrected chi connectivity index (χ4v) is 1.40. The molecule has 0 radical (unpaired) electrons. The Hall–Kier alpha value is -1.23. The second-order valence-electron chi connectivity index (χ2n) is 3.66. The van der Waals surface area contributed by atoms with Crippen LogP contribution in [-0.4, -0.2) is 25.1 Å². The molecule has 5 heteroatoms. The molecule has 0 saturated carbocycles. The van der Waals surface area contributed by atoms with Crippen LogP contribution in [0.3, 0.4) is 0 Å². The quantitative estimate of drug-likeness (QED) is 0.864. The van der Waals surface area contributed by atoms with E-state index in [0.717, 1.165) is 11.0 Å². The number of nitrogens with zero attached hydrogens (tertiary/aromatic N) is 1. The minimum atomic E-state index is -2.51. The molecule has 0 bridgehead atoms. The molecule has 0 aliphatic carbocycles. The summed E-state index contributed by atoms with van der Waals surface area (Å²) in [6.07, 6.45) is -3.29. The van der Waals surface area contributed by atoms with Gasteiger partial charge in [0.15, 0.2) is 0 Å². The van der Waals surface area contributed by atoms with Crippen LogP contribution in [0.5, 0.6) is 0 Å². The van der Waals surface area contributed by atoms with E-state index in [2.05, 4.69) is 0 Å². The largest absolute Gasteiger partial charge is 0.389 e. The van der Waals surface area contributed by atoms with Gasteiger partial charge in [0.05, 0.1) is 18.3 Å². The second kappa shape index (κ2) is 5.21. The standard InChI is InChI=1S/C11H14F3NO/c1-7(16)8-3-4-10(9(12)5-8)15(2)6-11(13)14/h3-5,7,11,16H,6H2,1-2H3. The summed E-state index contributed by atoms with van der Waals surface area (Å²) in [7, 11) is 1.40. The van der Waals surface area contributed by atoms with Gasteiger partial charge in [0, 0.05) is 7.05 Å². The lowest BCUT2D eigenvalue weighted by Gasteiger charge is -2.20. The Labute approximate surface area is 92.3 Å². The van der Waals surface area contributed by atoms with E-state index in [9.17, 15) is 18.3 Å². The molecule has 0 aromatic heterocycles. The van der Waals surface area contributed by atoms with Crippen molar-refractivity contribution >= 4 is 5.69 Å². The molecule has 1 rings (SSSR count). The SMILES string of the molecule is CC(O)c1ccc(N(C)CC(F)F)c(F)c1. The number of benzene rings is 1. The van der Waals surface area contributed by atoms with Crippen LogP contribution in [0.4, 0.5) is 18.9 Å². The van der Waals surface area contributed by atoms with E-state index in [0.29, 0.717) is 5.56 Å². The van der Waals surface area contributed by atoms with Crippen molar-refractivity contribution in [1.29, 1.82) is 0 Å². The van der Waals surface area contributed by atoms with Gasteiger partial charge in [-0.25, -0.2) is 13.2 Å². The highest BCUT2D eigenvalue weighted by Gasteiger charge is 2.13. The lowest BCUT2D eigenvalue weighted by Crippen LogP contribution is -2.24. The van der Waals surface area contributed by atoms with Crippen molar-refractivity contribution in [2.45, 2.75) is 19.5 Å². The van der Waals surface area contributed by atoms with Crippen molar-refractivity contribution in [3.05, 3.63) is 29.6 Å². The van der Waals surface area contributed by atoms with Gasteiger partial charge in [-0.1, -0.05) is 6.07 Å². The van der Waals surface area contributed by atoms with Gasteiger partial charge in [-0.2, -0.15) is 0 Å². The molecule has 0 aliphatic heterocycles. The molecule has 1 N–H and O–H groups in total. The number of aliphatic hydroxyl groups is 1. The molecule has 0 aliphatic rings. The molecule has 1 aromatic carbocycles. The Morgan fingerprint density at radius 3 is 2.44 bits per heavy atom. The highest BCUT2D eigenvalue weighted by atomic mass is 19.3. The predicted octanol–water partition coefficient (Wildman–Crippen LogP) is 2.58. The van der Waals surface area contributed by atoms with E-state index in [-0.39, 0.29) is 5.69 Å². The summed E-state index contributed by atoms with van der Waals surface area (Å²) in [5, 5.41) is 9.22. The molecule has 0 fully saturated rings. The molecule has 90 valence electrons. The first-order valence-electron chi connectivity index (χ1n) is 4.88. The molecule has 0 heterocycles. The summed E-state index contributed by atoms with van der Waals surface area (Å²) in [6.45, 7) is 0.988. The average molecular weight is 233 g/mol. The summed E-state index contributed by atoms with van der Waals surface area (Å²) in [5.41, 5.74) is 0.524. The maximum atomic E-state index is 13.5. The Bertz CT molecular complexity index is 355. The van der Waals surface area contributed by atoms with Gasteiger partial charge in [0.25, 0.3) is 6.43 Å². The van der Waals surface area contributed by atoms with E-state index in [1.165, 1.54) is 26.1 Å². The van der Waals surface area contributed by atoms with E-state index < -0.39 is 24.9 Å². The third-order valence-corrected chi connectivity index (χ3v) is 2.28. The lowest BCUT2D eigenvalue weighted by molar-refractivity contribution is 0.156. The van der Waals surface area contributed by atoms with Crippen molar-refractivity contribution in [2.75, 3.05) is 18.5 Å². The molecule has 0 spiro atoms. The summed E-state index contributed by atoms with van der Waals surface area (Å²) >= 11 is 0. The van der Waals surface area contributed by atoms with E-state index in [4.69, 9.17) is 0 Å². The Morgan fingerprint density at radius 2 is 2.00 bits per heavy atom. The number of alkyl halides is 2. The second-order valence-corrected chi connectivity index (χ2v) is 3.66. The van der Waals surface area contributed by atoms with Gasteiger partial charge < -0.3 is 10.0 Å². The van der Waals surface area contributed by atoms with Crippen LogP contribution in [0.25, 0.3) is 0 Å². The van der Waals surface area contributed by atoms with Gasteiger partial charge in [-0.3, -0.25) is 0 Å². The molecular formula is C11H14F3NO. The van der Waals surface area contributed by atoms with Crippen LogP contribution in [0, 0.1) is 5.82 Å². The highest BCUT2D eigenvalue weighted by Crippen LogP contribution is 2.23. The van der Waals surface area contributed by atoms with Crippen LogP contribution in [-0.2, 0) is 0 Å². The van der Waals surface area contributed by atoms with Crippen LogP contribution < -0.4 is 4.90 Å². The molecule has 1 aromatic rings. The normalized spacial score (nSPS) is 12.9.